The first kappa shape index (κ1) is 43.8. The van der Waals surface area contributed by atoms with Crippen LogP contribution in [-0.2, 0) is 9.47 Å². The van der Waals surface area contributed by atoms with E-state index in [1.165, 1.54) is 25.7 Å². The van der Waals surface area contributed by atoms with Crippen LogP contribution in [0, 0.1) is 34.1 Å². The van der Waals surface area contributed by atoms with Crippen LogP contribution in [0.4, 0.5) is 22.7 Å². The minimum absolute atomic E-state index is 0.172. The Labute approximate surface area is 335 Å². The third-order valence-corrected chi connectivity index (χ3v) is 13.1. The first-order chi connectivity index (χ1) is 26.8. The van der Waals surface area contributed by atoms with E-state index in [2.05, 4.69) is 48.1 Å². The number of rotatable bonds is 14. The highest BCUT2D eigenvalue weighted by atomic mass is 16.6. The number of hydrogen-bond donors (Lipinski definition) is 2. The Hall–Kier alpha value is -3.32. The molecule has 2 saturated carbocycles. The van der Waals surface area contributed by atoms with E-state index in [-0.39, 0.29) is 32.3 Å². The molecule has 2 aromatic carbocycles. The van der Waals surface area contributed by atoms with Crippen LogP contribution in [0.2, 0.25) is 0 Å². The maximum atomic E-state index is 11.3. The molecule has 2 N–H and O–H groups in total. The molecule has 2 aliphatic heterocycles. The zero-order chi connectivity index (χ0) is 40.3. The quantitative estimate of drug-likeness (QED) is 0.141. The summed E-state index contributed by atoms with van der Waals surface area (Å²) in [5, 5.41) is 29.5. The number of nitrogens with zero attached hydrogens (tertiary/aromatic N) is 4. The van der Waals surface area contributed by atoms with Crippen LogP contribution in [0.5, 0.6) is 0 Å². The molecule has 4 fully saturated rings. The van der Waals surface area contributed by atoms with Gasteiger partial charge >= 0.3 is 0 Å². The van der Waals surface area contributed by atoms with Gasteiger partial charge < -0.3 is 20.1 Å². The van der Waals surface area contributed by atoms with Gasteiger partial charge in [0.05, 0.1) is 22.1 Å². The normalized spacial score (nSPS) is 26.9. The van der Waals surface area contributed by atoms with Crippen molar-refractivity contribution >= 4 is 22.7 Å². The third-order valence-electron chi connectivity index (χ3n) is 13.1. The van der Waals surface area contributed by atoms with Crippen molar-refractivity contribution in [1.29, 1.82) is 0 Å². The standard InChI is InChI=1S/2C22H35N3O3/c2*1-4-15-28-19-7-11-22(3,12-8-19)24-13-9-18(10-14-24)23-20-16-17(2)5-6-21(20)25(26)27/h2*5-6,16,18-19,23H,4,7-15H2,1-3H3. The molecule has 0 spiro atoms. The summed E-state index contributed by atoms with van der Waals surface area (Å²) in [5.41, 5.74) is 4.28. The Balaban J connectivity index is 0.000000214. The van der Waals surface area contributed by atoms with Crippen LogP contribution in [-0.4, -0.2) is 94.4 Å². The van der Waals surface area contributed by atoms with E-state index in [4.69, 9.17) is 9.47 Å². The number of nitro groups is 2. The van der Waals surface area contributed by atoms with Gasteiger partial charge in [0.25, 0.3) is 11.4 Å². The largest absolute Gasteiger partial charge is 0.378 e. The average molecular weight is 779 g/mol. The summed E-state index contributed by atoms with van der Waals surface area (Å²) in [6, 6.07) is 11.2. The SMILES string of the molecule is CCCOC1CCC(C)(N2CCC(Nc3cc(C)ccc3[N+](=O)[O-])CC2)CC1.CCCOC1CCC(C)(N2CCC(Nc3cc(C)ccc3[N+](=O)[O-])CC2)CC1. The van der Waals surface area contributed by atoms with Gasteiger partial charge in [0.1, 0.15) is 11.4 Å². The van der Waals surface area contributed by atoms with Gasteiger partial charge in [-0.3, -0.25) is 30.0 Å². The summed E-state index contributed by atoms with van der Waals surface area (Å²) in [5.74, 6) is 0. The molecule has 2 aliphatic carbocycles. The van der Waals surface area contributed by atoms with Crippen LogP contribution in [0.3, 0.4) is 0 Å². The fraction of sp³-hybridized carbons (Fsp3) is 0.727. The molecule has 4 aliphatic rings. The number of nitro benzene ring substituents is 2. The van der Waals surface area contributed by atoms with Gasteiger partial charge in [-0.25, -0.2) is 0 Å². The molecule has 6 rings (SSSR count). The number of ether oxygens (including phenoxy) is 2. The van der Waals surface area contributed by atoms with Gasteiger partial charge in [0, 0.05) is 74.7 Å². The second-order valence-electron chi connectivity index (χ2n) is 17.5. The summed E-state index contributed by atoms with van der Waals surface area (Å²) in [7, 11) is 0. The zero-order valence-electron chi connectivity index (χ0n) is 35.2. The van der Waals surface area contributed by atoms with E-state index < -0.39 is 0 Å². The van der Waals surface area contributed by atoms with Crippen molar-refractivity contribution in [3.63, 3.8) is 0 Å². The van der Waals surface area contributed by atoms with Crippen molar-refractivity contribution in [2.45, 2.75) is 167 Å². The van der Waals surface area contributed by atoms with Gasteiger partial charge in [-0.15, -0.1) is 0 Å². The topological polar surface area (TPSA) is 135 Å². The molecule has 56 heavy (non-hydrogen) atoms. The van der Waals surface area contributed by atoms with Gasteiger partial charge in [-0.1, -0.05) is 26.0 Å². The second kappa shape index (κ2) is 20.4. The number of likely N-dealkylation sites (tertiary alicyclic amines) is 2. The Morgan fingerprint density at radius 3 is 1.27 bits per heavy atom. The molecule has 0 amide bonds. The fourth-order valence-corrected chi connectivity index (χ4v) is 9.38. The lowest BCUT2D eigenvalue weighted by atomic mass is 9.79. The van der Waals surface area contributed by atoms with Crippen molar-refractivity contribution in [3.8, 4) is 0 Å². The summed E-state index contributed by atoms with van der Waals surface area (Å²) in [6.07, 6.45) is 16.6. The Morgan fingerprint density at radius 2 is 0.964 bits per heavy atom. The number of benzene rings is 2. The summed E-state index contributed by atoms with van der Waals surface area (Å²) in [4.78, 5) is 27.3. The van der Waals surface area contributed by atoms with Crippen LogP contribution in [0.25, 0.3) is 0 Å². The number of hydrogen-bond acceptors (Lipinski definition) is 10. The van der Waals surface area contributed by atoms with Gasteiger partial charge in [0.15, 0.2) is 0 Å². The van der Waals surface area contributed by atoms with Crippen molar-refractivity contribution in [2.24, 2.45) is 0 Å². The van der Waals surface area contributed by atoms with E-state index in [0.717, 1.165) is 115 Å². The fourth-order valence-electron chi connectivity index (χ4n) is 9.38. The van der Waals surface area contributed by atoms with E-state index in [1.807, 2.05) is 26.0 Å². The molecular formula is C44H70N6O6. The molecule has 0 aromatic heterocycles. The predicted octanol–water partition coefficient (Wildman–Crippen LogP) is 9.81. The monoisotopic (exact) mass is 779 g/mol. The lowest BCUT2D eigenvalue weighted by Gasteiger charge is -2.48. The molecule has 2 saturated heterocycles. The van der Waals surface area contributed by atoms with Crippen LogP contribution < -0.4 is 10.6 Å². The van der Waals surface area contributed by atoms with E-state index in [1.54, 1.807) is 24.3 Å². The molecule has 0 atom stereocenters. The minimum atomic E-state index is -0.295. The van der Waals surface area contributed by atoms with E-state index >= 15 is 0 Å². The lowest BCUT2D eigenvalue weighted by Crippen LogP contribution is -2.53. The number of aryl methyl sites for hydroxylation is 2. The molecule has 0 radical (unpaired) electrons. The van der Waals surface area contributed by atoms with E-state index in [0.29, 0.717) is 35.7 Å². The maximum Gasteiger partial charge on any atom is 0.292 e. The summed E-state index contributed by atoms with van der Waals surface area (Å²) in [6.45, 7) is 19.0. The number of nitrogens with one attached hydrogen (secondary N) is 2. The summed E-state index contributed by atoms with van der Waals surface area (Å²) < 4.78 is 11.9. The Morgan fingerprint density at radius 1 is 0.625 bits per heavy atom. The highest BCUT2D eigenvalue weighted by Gasteiger charge is 2.40. The average Bonchev–Trinajstić information content (AvgIpc) is 3.18. The van der Waals surface area contributed by atoms with Gasteiger partial charge in [0.2, 0.25) is 0 Å². The third kappa shape index (κ3) is 11.9. The predicted molar refractivity (Wildman–Crippen MR) is 226 cm³/mol. The van der Waals surface area contributed by atoms with Crippen LogP contribution >= 0.6 is 0 Å². The van der Waals surface area contributed by atoms with Crippen molar-refractivity contribution in [3.05, 3.63) is 67.8 Å². The van der Waals surface area contributed by atoms with Crippen molar-refractivity contribution in [2.75, 3.05) is 50.0 Å². The molecular weight excluding hydrogens is 709 g/mol. The van der Waals surface area contributed by atoms with Crippen molar-refractivity contribution in [1.82, 2.24) is 9.80 Å². The van der Waals surface area contributed by atoms with Crippen molar-refractivity contribution < 1.29 is 19.3 Å². The smallest absolute Gasteiger partial charge is 0.292 e. The molecule has 12 heteroatoms. The first-order valence-electron chi connectivity index (χ1n) is 21.6. The Kier molecular flexibility index (Phi) is 15.9. The molecule has 2 heterocycles. The molecule has 0 bridgehead atoms. The second-order valence-corrected chi connectivity index (χ2v) is 17.5. The highest BCUT2D eigenvalue weighted by molar-refractivity contribution is 5.64. The maximum absolute atomic E-state index is 11.3. The first-order valence-corrected chi connectivity index (χ1v) is 21.6. The molecule has 12 nitrogen and oxygen atoms in total. The molecule has 0 unspecified atom stereocenters. The van der Waals surface area contributed by atoms with Gasteiger partial charge in [-0.2, -0.15) is 0 Å². The highest BCUT2D eigenvalue weighted by Crippen LogP contribution is 2.39. The molecule has 312 valence electrons. The Bertz CT molecular complexity index is 1440. The van der Waals surface area contributed by atoms with Crippen LogP contribution in [0.15, 0.2) is 36.4 Å². The van der Waals surface area contributed by atoms with E-state index in [9.17, 15) is 20.2 Å². The minimum Gasteiger partial charge on any atom is -0.378 e. The number of anilines is 2. The zero-order valence-corrected chi connectivity index (χ0v) is 35.2. The van der Waals surface area contributed by atoms with Crippen LogP contribution in [0.1, 0.15) is 129 Å². The van der Waals surface area contributed by atoms with Gasteiger partial charge in [-0.05, 0) is 141 Å². The lowest BCUT2D eigenvalue weighted by molar-refractivity contribution is -0.384. The number of piperidine rings is 2. The molecule has 2 aromatic rings. The summed E-state index contributed by atoms with van der Waals surface area (Å²) >= 11 is 0.